The highest BCUT2D eigenvalue weighted by Crippen LogP contribution is 2.26. The molecule has 1 rings (SSSR count). The third-order valence-corrected chi connectivity index (χ3v) is 3.46. The van der Waals surface area contributed by atoms with E-state index in [1.54, 1.807) is 6.07 Å². The molecule has 0 aromatic heterocycles. The van der Waals surface area contributed by atoms with Crippen LogP contribution in [0.15, 0.2) is 18.2 Å². The minimum Gasteiger partial charge on any atom is -0.378 e. The van der Waals surface area contributed by atoms with Crippen LogP contribution in [0.25, 0.3) is 0 Å². The molecule has 2 unspecified atom stereocenters. The number of benzene rings is 1. The van der Waals surface area contributed by atoms with Crippen molar-refractivity contribution in [3.05, 3.63) is 33.8 Å². The molecule has 2 atom stereocenters. The Morgan fingerprint density at radius 1 is 1.45 bits per heavy atom. The fourth-order valence-corrected chi connectivity index (χ4v) is 2.12. The van der Waals surface area contributed by atoms with Crippen molar-refractivity contribution in [1.82, 2.24) is 5.32 Å². The lowest BCUT2D eigenvalue weighted by molar-refractivity contribution is -0.130. The normalized spacial score (nSPS) is 14.2. The molecule has 1 aromatic rings. The van der Waals surface area contributed by atoms with E-state index < -0.39 is 12.0 Å². The van der Waals surface area contributed by atoms with Crippen molar-refractivity contribution < 1.29 is 14.7 Å². The first-order valence-corrected chi connectivity index (χ1v) is 6.88. The Morgan fingerprint density at radius 3 is 2.60 bits per heavy atom. The number of aliphatic hydroxyl groups excluding tert-OH is 1. The highest BCUT2D eigenvalue weighted by atomic mass is 35.5. The molecule has 1 amide bonds. The van der Waals surface area contributed by atoms with Gasteiger partial charge in [0.05, 0.1) is 6.10 Å². The van der Waals surface area contributed by atoms with E-state index in [0.717, 1.165) is 0 Å². The molecule has 0 saturated carbocycles. The summed E-state index contributed by atoms with van der Waals surface area (Å²) in [5, 5.41) is 13.2. The summed E-state index contributed by atoms with van der Waals surface area (Å²) < 4.78 is 0. The van der Waals surface area contributed by atoms with Crippen molar-refractivity contribution in [1.29, 1.82) is 0 Å². The van der Waals surface area contributed by atoms with Crippen molar-refractivity contribution in [2.45, 2.75) is 26.1 Å². The van der Waals surface area contributed by atoms with Crippen molar-refractivity contribution >= 4 is 29.1 Å². The quantitative estimate of drug-likeness (QED) is 0.700. The van der Waals surface area contributed by atoms with Crippen LogP contribution in [0, 0.1) is 5.92 Å². The fraction of sp³-hybridized carbons (Fsp3) is 0.462. The third-order valence-electron chi connectivity index (χ3n) is 2.90. The summed E-state index contributed by atoms with van der Waals surface area (Å²) in [6, 6.07) is 4.53. The first-order chi connectivity index (χ1) is 9.36. The molecule has 0 aliphatic rings. The first-order valence-electron chi connectivity index (χ1n) is 6.13. The summed E-state index contributed by atoms with van der Waals surface area (Å²) in [6.45, 7) is 4.03. The van der Waals surface area contributed by atoms with Crippen LogP contribution >= 0.6 is 23.2 Å². The van der Waals surface area contributed by atoms with Crippen LogP contribution in [0.2, 0.25) is 10.0 Å². The third kappa shape index (κ3) is 4.61. The molecular weight excluding hydrogens is 303 g/mol. The van der Waals surface area contributed by atoms with Crippen LogP contribution in [0.4, 0.5) is 0 Å². The zero-order valence-corrected chi connectivity index (χ0v) is 12.8. The topological polar surface area (TPSA) is 84.6 Å². The molecule has 0 radical (unpaired) electrons. The molecule has 112 valence electrons. The van der Waals surface area contributed by atoms with Crippen molar-refractivity contribution in [2.24, 2.45) is 11.8 Å². The van der Waals surface area contributed by atoms with Gasteiger partial charge in [-0.3, -0.25) is 9.63 Å². The average molecular weight is 321 g/mol. The van der Waals surface area contributed by atoms with Crippen LogP contribution in [0.3, 0.4) is 0 Å². The Kier molecular flexibility index (Phi) is 6.71. The second-order valence-electron chi connectivity index (χ2n) is 4.73. The number of amides is 1. The maximum absolute atomic E-state index is 11.9. The van der Waals surface area contributed by atoms with Crippen molar-refractivity contribution in [3.63, 3.8) is 0 Å². The molecule has 0 saturated heterocycles. The molecule has 0 bridgehead atoms. The number of rotatable bonds is 6. The lowest BCUT2D eigenvalue weighted by Gasteiger charge is -2.20. The molecule has 0 aliphatic carbocycles. The van der Waals surface area contributed by atoms with Crippen LogP contribution in [0.1, 0.15) is 25.5 Å². The van der Waals surface area contributed by atoms with Gasteiger partial charge in [0, 0.05) is 22.2 Å². The first kappa shape index (κ1) is 17.2. The van der Waals surface area contributed by atoms with Gasteiger partial charge in [0.1, 0.15) is 0 Å². The Balaban J connectivity index is 2.67. The van der Waals surface area contributed by atoms with E-state index >= 15 is 0 Å². The van der Waals surface area contributed by atoms with Gasteiger partial charge in [-0.1, -0.05) is 43.1 Å². The molecule has 1 aromatic carbocycles. The van der Waals surface area contributed by atoms with Gasteiger partial charge in [0.15, 0.2) is 6.10 Å². The SMILES string of the molecule is CC(C)C(CNC(=O)C(O)c1ccc(Cl)cc1Cl)ON. The highest BCUT2D eigenvalue weighted by Gasteiger charge is 2.22. The van der Waals surface area contributed by atoms with Gasteiger partial charge >= 0.3 is 0 Å². The standard InChI is InChI=1S/C13H18Cl2N2O3/c1-7(2)11(20-16)6-17-13(19)12(18)9-4-3-8(14)5-10(9)15/h3-5,7,11-12,18H,6,16H2,1-2H3,(H,17,19). The number of nitrogens with one attached hydrogen (secondary N) is 1. The average Bonchev–Trinajstić information content (AvgIpc) is 2.38. The molecule has 0 spiro atoms. The van der Waals surface area contributed by atoms with Crippen LogP contribution in [-0.4, -0.2) is 23.7 Å². The Labute approximate surface area is 128 Å². The summed E-state index contributed by atoms with van der Waals surface area (Å²) in [7, 11) is 0. The summed E-state index contributed by atoms with van der Waals surface area (Å²) in [5.41, 5.74) is 0.295. The van der Waals surface area contributed by atoms with E-state index in [1.807, 2.05) is 13.8 Å². The number of nitrogens with two attached hydrogens (primary N) is 1. The van der Waals surface area contributed by atoms with E-state index in [-0.39, 0.29) is 23.6 Å². The summed E-state index contributed by atoms with van der Waals surface area (Å²) >= 11 is 11.7. The molecule has 20 heavy (non-hydrogen) atoms. The van der Waals surface area contributed by atoms with E-state index in [1.165, 1.54) is 12.1 Å². The Bertz CT molecular complexity index is 469. The molecule has 0 fully saturated rings. The lowest BCUT2D eigenvalue weighted by Crippen LogP contribution is -2.40. The Morgan fingerprint density at radius 2 is 2.10 bits per heavy atom. The van der Waals surface area contributed by atoms with Gasteiger partial charge < -0.3 is 10.4 Å². The van der Waals surface area contributed by atoms with Gasteiger partial charge in [0.25, 0.3) is 5.91 Å². The van der Waals surface area contributed by atoms with E-state index in [2.05, 4.69) is 5.32 Å². The van der Waals surface area contributed by atoms with Crippen LogP contribution in [0.5, 0.6) is 0 Å². The molecular formula is C13H18Cl2N2O3. The van der Waals surface area contributed by atoms with E-state index in [0.29, 0.717) is 10.6 Å². The maximum Gasteiger partial charge on any atom is 0.253 e. The number of carbonyl (C=O) groups is 1. The lowest BCUT2D eigenvalue weighted by atomic mass is 10.1. The smallest absolute Gasteiger partial charge is 0.253 e. The van der Waals surface area contributed by atoms with Crippen LogP contribution < -0.4 is 11.2 Å². The maximum atomic E-state index is 11.9. The van der Waals surface area contributed by atoms with Crippen molar-refractivity contribution in [3.8, 4) is 0 Å². The highest BCUT2D eigenvalue weighted by molar-refractivity contribution is 6.35. The molecule has 4 N–H and O–H groups in total. The van der Waals surface area contributed by atoms with Gasteiger partial charge in [-0.05, 0) is 18.1 Å². The monoisotopic (exact) mass is 320 g/mol. The minimum atomic E-state index is -1.37. The number of aliphatic hydroxyl groups is 1. The van der Waals surface area contributed by atoms with Gasteiger partial charge in [-0.2, -0.15) is 0 Å². The van der Waals surface area contributed by atoms with Gasteiger partial charge in [-0.25, -0.2) is 5.90 Å². The molecule has 0 aliphatic heterocycles. The number of halogens is 2. The minimum absolute atomic E-state index is 0.136. The second-order valence-corrected chi connectivity index (χ2v) is 5.58. The van der Waals surface area contributed by atoms with Crippen molar-refractivity contribution in [2.75, 3.05) is 6.54 Å². The second kappa shape index (κ2) is 7.81. The number of carbonyl (C=O) groups excluding carboxylic acids is 1. The zero-order valence-electron chi connectivity index (χ0n) is 11.3. The predicted octanol–water partition coefficient (Wildman–Crippen LogP) is 2.06. The van der Waals surface area contributed by atoms with Gasteiger partial charge in [-0.15, -0.1) is 0 Å². The number of hydrogen-bond acceptors (Lipinski definition) is 4. The predicted molar refractivity (Wildman–Crippen MR) is 78.3 cm³/mol. The van der Waals surface area contributed by atoms with E-state index in [9.17, 15) is 9.90 Å². The molecule has 0 heterocycles. The summed E-state index contributed by atoms with van der Waals surface area (Å²) in [5.74, 6) is 4.70. The summed E-state index contributed by atoms with van der Waals surface area (Å²) in [4.78, 5) is 16.6. The van der Waals surface area contributed by atoms with Gasteiger partial charge in [0.2, 0.25) is 0 Å². The zero-order chi connectivity index (χ0) is 15.3. The largest absolute Gasteiger partial charge is 0.378 e. The molecule has 5 nitrogen and oxygen atoms in total. The molecule has 7 heteroatoms. The van der Waals surface area contributed by atoms with E-state index in [4.69, 9.17) is 33.9 Å². The number of hydrogen-bond donors (Lipinski definition) is 3. The summed E-state index contributed by atoms with van der Waals surface area (Å²) in [6.07, 6.45) is -1.70. The van der Waals surface area contributed by atoms with Crippen LogP contribution in [-0.2, 0) is 9.63 Å². The Hall–Kier alpha value is -0.850. The fourth-order valence-electron chi connectivity index (χ4n) is 1.60.